The van der Waals surface area contributed by atoms with E-state index < -0.39 is 17.7 Å². The zero-order valence-corrected chi connectivity index (χ0v) is 18.3. The number of nitrogens with zero attached hydrogens (tertiary/aromatic N) is 2. The van der Waals surface area contributed by atoms with E-state index in [0.29, 0.717) is 16.7 Å². The number of alkyl halides is 3. The van der Waals surface area contributed by atoms with Crippen LogP contribution in [0, 0.1) is 0 Å². The number of carboxylic acid groups (broad SMARTS) is 1. The minimum absolute atomic E-state index is 0.0163. The largest absolute Gasteiger partial charge is 0.481 e. The summed E-state index contributed by atoms with van der Waals surface area (Å²) in [4.78, 5) is 28.8. The molecule has 1 amide bonds. The highest BCUT2D eigenvalue weighted by Crippen LogP contribution is 2.36. The quantitative estimate of drug-likeness (QED) is 0.451. The van der Waals surface area contributed by atoms with E-state index in [2.05, 4.69) is 4.98 Å². The molecule has 0 spiro atoms. The molecule has 0 atom stereocenters. The van der Waals surface area contributed by atoms with Gasteiger partial charge in [-0.15, -0.1) is 0 Å². The van der Waals surface area contributed by atoms with Gasteiger partial charge in [0.25, 0.3) is 0 Å². The maximum absolute atomic E-state index is 13.4. The standard InChI is InChI=1S/C24H20ClF3N2O3/c1-15(31)30(13-16-5-3-2-4-6-16)14-18-11-19(24(26,27)28)7-8-20(18)21-9-17(10-22(32)33)12-29-23(21)25/h2-9,11-12H,10,13-14H2,1H3,(H,32,33). The van der Waals surface area contributed by atoms with E-state index >= 15 is 0 Å². The first kappa shape index (κ1) is 24.3. The van der Waals surface area contributed by atoms with Gasteiger partial charge >= 0.3 is 12.1 Å². The number of carboxylic acids is 1. The second-order valence-electron chi connectivity index (χ2n) is 7.48. The molecule has 0 saturated heterocycles. The first-order valence-corrected chi connectivity index (χ1v) is 10.3. The number of carbonyl (C=O) groups excluding carboxylic acids is 1. The molecule has 33 heavy (non-hydrogen) atoms. The molecule has 1 aromatic heterocycles. The van der Waals surface area contributed by atoms with Crippen molar-refractivity contribution < 1.29 is 27.9 Å². The maximum Gasteiger partial charge on any atom is 0.416 e. The summed E-state index contributed by atoms with van der Waals surface area (Å²) in [5.74, 6) is -1.39. The second-order valence-corrected chi connectivity index (χ2v) is 7.84. The van der Waals surface area contributed by atoms with E-state index in [-0.39, 0.29) is 36.1 Å². The summed E-state index contributed by atoms with van der Waals surface area (Å²) in [5.41, 5.74) is 1.15. The van der Waals surface area contributed by atoms with E-state index in [1.807, 2.05) is 30.3 Å². The third kappa shape index (κ3) is 6.32. The molecule has 3 rings (SSSR count). The second kappa shape index (κ2) is 10.0. The predicted octanol–water partition coefficient (Wildman–Crippen LogP) is 5.60. The fourth-order valence-corrected chi connectivity index (χ4v) is 3.61. The van der Waals surface area contributed by atoms with Gasteiger partial charge in [-0.05, 0) is 40.5 Å². The number of aliphatic carboxylic acids is 1. The van der Waals surface area contributed by atoms with Crippen molar-refractivity contribution in [2.45, 2.75) is 32.6 Å². The minimum atomic E-state index is -4.58. The van der Waals surface area contributed by atoms with Crippen LogP contribution in [0.25, 0.3) is 11.1 Å². The van der Waals surface area contributed by atoms with Crippen LogP contribution in [0.1, 0.15) is 29.2 Å². The molecule has 0 saturated carbocycles. The summed E-state index contributed by atoms with van der Waals surface area (Å²) in [5, 5.41) is 9.08. The predicted molar refractivity (Wildman–Crippen MR) is 117 cm³/mol. The Labute approximate surface area is 193 Å². The zero-order chi connectivity index (χ0) is 24.2. The molecule has 1 heterocycles. The summed E-state index contributed by atoms with van der Waals surface area (Å²) in [7, 11) is 0. The highest BCUT2D eigenvalue weighted by Gasteiger charge is 2.31. The highest BCUT2D eigenvalue weighted by atomic mass is 35.5. The van der Waals surface area contributed by atoms with Crippen molar-refractivity contribution in [2.75, 3.05) is 0 Å². The van der Waals surface area contributed by atoms with Gasteiger partial charge in [-0.25, -0.2) is 4.98 Å². The van der Waals surface area contributed by atoms with Crippen LogP contribution in [0.2, 0.25) is 5.15 Å². The Morgan fingerprint density at radius 2 is 1.70 bits per heavy atom. The van der Waals surface area contributed by atoms with E-state index in [4.69, 9.17) is 16.7 Å². The van der Waals surface area contributed by atoms with Crippen LogP contribution in [0.4, 0.5) is 13.2 Å². The van der Waals surface area contributed by atoms with Gasteiger partial charge in [-0.3, -0.25) is 9.59 Å². The van der Waals surface area contributed by atoms with Crippen LogP contribution in [0.15, 0.2) is 60.8 Å². The van der Waals surface area contributed by atoms with Crippen LogP contribution in [0.3, 0.4) is 0 Å². The number of halogens is 4. The maximum atomic E-state index is 13.4. The first-order chi connectivity index (χ1) is 15.5. The summed E-state index contributed by atoms with van der Waals surface area (Å²) < 4.78 is 40.3. The van der Waals surface area contributed by atoms with Crippen molar-refractivity contribution in [1.29, 1.82) is 0 Å². The Kier molecular flexibility index (Phi) is 7.38. The lowest BCUT2D eigenvalue weighted by molar-refractivity contribution is -0.138. The van der Waals surface area contributed by atoms with Crippen LogP contribution in [-0.2, 0) is 35.3 Å². The van der Waals surface area contributed by atoms with Crippen LogP contribution in [0.5, 0.6) is 0 Å². The Bertz CT molecular complexity index is 1170. The molecule has 3 aromatic rings. The van der Waals surface area contributed by atoms with Crippen LogP contribution >= 0.6 is 11.6 Å². The number of benzene rings is 2. The average Bonchev–Trinajstić information content (AvgIpc) is 2.74. The summed E-state index contributed by atoms with van der Waals surface area (Å²) in [6.07, 6.45) is -3.59. The Morgan fingerprint density at radius 1 is 1.00 bits per heavy atom. The summed E-state index contributed by atoms with van der Waals surface area (Å²) in [6.45, 7) is 1.44. The molecule has 0 radical (unpaired) electrons. The molecule has 172 valence electrons. The van der Waals surface area contributed by atoms with E-state index in [1.165, 1.54) is 30.2 Å². The molecule has 0 aliphatic rings. The SMILES string of the molecule is CC(=O)N(Cc1ccccc1)Cc1cc(C(F)(F)F)ccc1-c1cc(CC(=O)O)cnc1Cl. The zero-order valence-electron chi connectivity index (χ0n) is 17.6. The number of rotatable bonds is 7. The van der Waals surface area contributed by atoms with E-state index in [0.717, 1.165) is 17.7 Å². The molecule has 1 N–H and O–H groups in total. The molecule has 0 aliphatic heterocycles. The molecular weight excluding hydrogens is 457 g/mol. The van der Waals surface area contributed by atoms with Gasteiger partial charge in [0.05, 0.1) is 12.0 Å². The van der Waals surface area contributed by atoms with Crippen LogP contribution < -0.4 is 0 Å². The number of amides is 1. The van der Waals surface area contributed by atoms with E-state index in [9.17, 15) is 22.8 Å². The normalized spacial score (nSPS) is 11.3. The number of carbonyl (C=O) groups is 2. The third-order valence-electron chi connectivity index (χ3n) is 5.00. The Hall–Kier alpha value is -3.39. The lowest BCUT2D eigenvalue weighted by Gasteiger charge is -2.24. The molecule has 9 heteroatoms. The third-order valence-corrected chi connectivity index (χ3v) is 5.30. The number of pyridine rings is 1. The smallest absolute Gasteiger partial charge is 0.416 e. The van der Waals surface area contributed by atoms with Crippen molar-refractivity contribution in [3.8, 4) is 11.1 Å². The topological polar surface area (TPSA) is 70.5 Å². The van der Waals surface area contributed by atoms with Crippen molar-refractivity contribution in [3.63, 3.8) is 0 Å². The molecule has 5 nitrogen and oxygen atoms in total. The van der Waals surface area contributed by atoms with Gasteiger partial charge in [0.15, 0.2) is 0 Å². The molecule has 2 aromatic carbocycles. The minimum Gasteiger partial charge on any atom is -0.481 e. The van der Waals surface area contributed by atoms with Crippen molar-refractivity contribution in [2.24, 2.45) is 0 Å². The van der Waals surface area contributed by atoms with Gasteiger partial charge in [-0.1, -0.05) is 48.0 Å². The Balaban J connectivity index is 2.09. The first-order valence-electron chi connectivity index (χ1n) is 9.90. The van der Waals surface area contributed by atoms with Gasteiger partial charge in [0, 0.05) is 31.8 Å². The average molecular weight is 477 g/mol. The van der Waals surface area contributed by atoms with Gasteiger partial charge in [0.1, 0.15) is 5.15 Å². The van der Waals surface area contributed by atoms with Crippen molar-refractivity contribution >= 4 is 23.5 Å². The fraction of sp³-hybridized carbons (Fsp3) is 0.208. The number of hydrogen-bond acceptors (Lipinski definition) is 3. The lowest BCUT2D eigenvalue weighted by atomic mass is 9.96. The molecular formula is C24H20ClF3N2O3. The fourth-order valence-electron chi connectivity index (χ4n) is 3.40. The summed E-state index contributed by atoms with van der Waals surface area (Å²) >= 11 is 6.24. The lowest BCUT2D eigenvalue weighted by Crippen LogP contribution is -2.28. The number of aromatic nitrogens is 1. The van der Waals surface area contributed by atoms with Crippen molar-refractivity contribution in [3.05, 3.63) is 88.2 Å². The van der Waals surface area contributed by atoms with E-state index in [1.54, 1.807) is 0 Å². The van der Waals surface area contributed by atoms with Crippen LogP contribution in [-0.4, -0.2) is 26.9 Å². The van der Waals surface area contributed by atoms with Crippen molar-refractivity contribution in [1.82, 2.24) is 9.88 Å². The van der Waals surface area contributed by atoms with Gasteiger partial charge in [0.2, 0.25) is 5.91 Å². The Morgan fingerprint density at radius 3 is 2.30 bits per heavy atom. The molecule has 0 unspecified atom stereocenters. The highest BCUT2D eigenvalue weighted by molar-refractivity contribution is 6.32. The molecule has 0 bridgehead atoms. The number of hydrogen-bond donors (Lipinski definition) is 1. The molecule has 0 fully saturated rings. The molecule has 0 aliphatic carbocycles. The summed E-state index contributed by atoms with van der Waals surface area (Å²) in [6, 6.07) is 13.7. The van der Waals surface area contributed by atoms with Gasteiger partial charge in [-0.2, -0.15) is 13.2 Å². The van der Waals surface area contributed by atoms with Gasteiger partial charge < -0.3 is 10.0 Å². The monoisotopic (exact) mass is 476 g/mol.